The summed E-state index contributed by atoms with van der Waals surface area (Å²) in [6, 6.07) is 13.2. The van der Waals surface area contributed by atoms with Gasteiger partial charge in [-0.15, -0.1) is 10.2 Å². The predicted molar refractivity (Wildman–Crippen MR) is 123 cm³/mol. The van der Waals surface area contributed by atoms with Gasteiger partial charge in [-0.25, -0.2) is 8.42 Å². The van der Waals surface area contributed by atoms with Crippen molar-refractivity contribution in [2.45, 2.75) is 23.7 Å². The molecule has 1 aromatic heterocycles. The van der Waals surface area contributed by atoms with E-state index in [-0.39, 0.29) is 21.7 Å². The van der Waals surface area contributed by atoms with Crippen LogP contribution in [0.3, 0.4) is 0 Å². The van der Waals surface area contributed by atoms with Gasteiger partial charge in [0.25, 0.3) is 5.91 Å². The molecule has 0 atom stereocenters. The molecule has 1 fully saturated rings. The van der Waals surface area contributed by atoms with Gasteiger partial charge in [0.2, 0.25) is 15.0 Å². The normalized spacial score (nSPS) is 15.4. The number of nitrogens with zero attached hydrogens (tertiary/aromatic N) is 3. The van der Waals surface area contributed by atoms with Crippen LogP contribution in [0.25, 0.3) is 0 Å². The third kappa shape index (κ3) is 4.93. The average molecular weight is 493 g/mol. The van der Waals surface area contributed by atoms with E-state index in [9.17, 15) is 13.2 Å². The molecule has 0 saturated carbocycles. The molecule has 32 heavy (non-hydrogen) atoms. The lowest BCUT2D eigenvalue weighted by Gasteiger charge is -2.30. The van der Waals surface area contributed by atoms with Crippen molar-refractivity contribution in [1.82, 2.24) is 14.5 Å². The van der Waals surface area contributed by atoms with Gasteiger partial charge in [-0.2, -0.15) is 4.31 Å². The van der Waals surface area contributed by atoms with E-state index >= 15 is 0 Å². The first-order valence-corrected chi connectivity index (χ1v) is 12.5. The summed E-state index contributed by atoms with van der Waals surface area (Å²) in [5.41, 5.74) is 0.580. The number of amides is 1. The SMILES string of the molecule is COc1ccc(S(=O)(=O)N2CCC(c3nnc(C(=O)Nc4cccc(Cl)c4)s3)CC2)cc1. The number of rotatable bonds is 6. The maximum Gasteiger partial charge on any atom is 0.286 e. The minimum absolute atomic E-state index is 0.0579. The number of hydrogen-bond donors (Lipinski definition) is 1. The van der Waals surface area contributed by atoms with Crippen LogP contribution in [0.4, 0.5) is 5.69 Å². The number of sulfonamides is 1. The first-order valence-electron chi connectivity index (χ1n) is 9.91. The Balaban J connectivity index is 1.38. The number of hydrogen-bond acceptors (Lipinski definition) is 7. The third-order valence-electron chi connectivity index (χ3n) is 5.22. The van der Waals surface area contributed by atoms with Crippen LogP contribution in [0.1, 0.15) is 33.6 Å². The number of piperidine rings is 1. The molecule has 0 bridgehead atoms. The number of halogens is 1. The largest absolute Gasteiger partial charge is 0.497 e. The zero-order chi connectivity index (χ0) is 22.7. The van der Waals surface area contributed by atoms with Crippen LogP contribution in [0.2, 0.25) is 5.02 Å². The standard InChI is InChI=1S/C21H21ClN4O4S2/c1-30-17-5-7-18(8-6-17)32(28,29)26-11-9-14(10-12-26)20-24-25-21(31-20)19(27)23-16-4-2-3-15(22)13-16/h2-8,13-14H,9-12H2,1H3,(H,23,27). The Hall–Kier alpha value is -2.53. The number of methoxy groups -OCH3 is 1. The van der Waals surface area contributed by atoms with Crippen LogP contribution in [0.15, 0.2) is 53.4 Å². The van der Waals surface area contributed by atoms with E-state index in [1.54, 1.807) is 48.5 Å². The van der Waals surface area contributed by atoms with E-state index in [4.69, 9.17) is 16.3 Å². The number of anilines is 1. The summed E-state index contributed by atoms with van der Waals surface area (Å²) in [6.45, 7) is 0.755. The number of carbonyl (C=O) groups excluding carboxylic acids is 1. The van der Waals surface area contributed by atoms with E-state index in [0.29, 0.717) is 42.4 Å². The molecule has 168 valence electrons. The first kappa shape index (κ1) is 22.7. The minimum atomic E-state index is -3.57. The second-order valence-electron chi connectivity index (χ2n) is 7.26. The van der Waals surface area contributed by atoms with Gasteiger partial charge in [0.1, 0.15) is 10.8 Å². The fourth-order valence-corrected chi connectivity index (χ4v) is 6.05. The number of nitrogens with one attached hydrogen (secondary N) is 1. The number of aromatic nitrogens is 2. The molecule has 0 aliphatic carbocycles. The van der Waals surface area contributed by atoms with Gasteiger partial charge in [0.05, 0.1) is 12.0 Å². The van der Waals surface area contributed by atoms with Crippen LogP contribution in [-0.2, 0) is 10.0 Å². The fraction of sp³-hybridized carbons (Fsp3) is 0.286. The first-order chi connectivity index (χ1) is 15.4. The Labute approximate surface area is 195 Å². The highest BCUT2D eigenvalue weighted by atomic mass is 35.5. The molecule has 2 aromatic carbocycles. The molecule has 11 heteroatoms. The van der Waals surface area contributed by atoms with E-state index in [2.05, 4.69) is 15.5 Å². The highest BCUT2D eigenvalue weighted by molar-refractivity contribution is 7.89. The topological polar surface area (TPSA) is 101 Å². The summed E-state index contributed by atoms with van der Waals surface area (Å²) in [7, 11) is -2.03. The second-order valence-corrected chi connectivity index (χ2v) is 10.6. The highest BCUT2D eigenvalue weighted by Gasteiger charge is 2.31. The van der Waals surface area contributed by atoms with Gasteiger partial charge in [-0.3, -0.25) is 4.79 Å². The summed E-state index contributed by atoms with van der Waals surface area (Å²) < 4.78 is 32.4. The van der Waals surface area contributed by atoms with Crippen LogP contribution >= 0.6 is 22.9 Å². The Kier molecular flexibility index (Phi) is 6.75. The molecule has 1 N–H and O–H groups in total. The molecule has 0 spiro atoms. The van der Waals surface area contributed by atoms with Gasteiger partial charge in [-0.1, -0.05) is 29.0 Å². The molecule has 1 saturated heterocycles. The maximum absolute atomic E-state index is 12.9. The van der Waals surface area contributed by atoms with E-state index in [0.717, 1.165) is 5.01 Å². The van der Waals surface area contributed by atoms with Crippen molar-refractivity contribution in [3.8, 4) is 5.75 Å². The molecule has 1 amide bonds. The fourth-order valence-electron chi connectivity index (χ4n) is 3.48. The number of benzene rings is 2. The monoisotopic (exact) mass is 492 g/mol. The van der Waals surface area contributed by atoms with Gasteiger partial charge < -0.3 is 10.1 Å². The van der Waals surface area contributed by atoms with Crippen LogP contribution in [-0.4, -0.2) is 49.0 Å². The van der Waals surface area contributed by atoms with E-state index in [1.165, 1.54) is 22.8 Å². The Morgan fingerprint density at radius 3 is 2.53 bits per heavy atom. The van der Waals surface area contributed by atoms with Crippen LogP contribution in [0, 0.1) is 0 Å². The molecule has 1 aliphatic heterocycles. The Bertz CT molecular complexity index is 1210. The molecule has 4 rings (SSSR count). The third-order valence-corrected chi connectivity index (χ3v) is 8.45. The molecule has 1 aliphatic rings. The average Bonchev–Trinajstić information content (AvgIpc) is 3.30. The lowest BCUT2D eigenvalue weighted by molar-refractivity contribution is 0.102. The zero-order valence-corrected chi connectivity index (χ0v) is 19.6. The maximum atomic E-state index is 12.9. The minimum Gasteiger partial charge on any atom is -0.497 e. The van der Waals surface area contributed by atoms with Crippen molar-refractivity contribution in [2.75, 3.05) is 25.5 Å². The van der Waals surface area contributed by atoms with Gasteiger partial charge >= 0.3 is 0 Å². The second kappa shape index (κ2) is 9.53. The molecule has 2 heterocycles. The van der Waals surface area contributed by atoms with Crippen molar-refractivity contribution in [2.24, 2.45) is 0 Å². The van der Waals surface area contributed by atoms with E-state index < -0.39 is 10.0 Å². The summed E-state index contributed by atoms with van der Waals surface area (Å²) >= 11 is 7.18. The van der Waals surface area contributed by atoms with Gasteiger partial charge in [0.15, 0.2) is 0 Å². The Morgan fingerprint density at radius 1 is 1.16 bits per heavy atom. The summed E-state index contributed by atoms with van der Waals surface area (Å²) in [5, 5.41) is 12.5. The summed E-state index contributed by atoms with van der Waals surface area (Å²) in [6.07, 6.45) is 1.22. The van der Waals surface area contributed by atoms with Crippen molar-refractivity contribution in [1.29, 1.82) is 0 Å². The van der Waals surface area contributed by atoms with E-state index in [1.807, 2.05) is 0 Å². The van der Waals surface area contributed by atoms with Crippen molar-refractivity contribution >= 4 is 44.6 Å². The van der Waals surface area contributed by atoms with Gasteiger partial charge in [0, 0.05) is 29.7 Å². The molecular weight excluding hydrogens is 472 g/mol. The van der Waals surface area contributed by atoms with Crippen LogP contribution in [0.5, 0.6) is 5.75 Å². The van der Waals surface area contributed by atoms with Crippen molar-refractivity contribution in [3.63, 3.8) is 0 Å². The molecular formula is C21H21ClN4O4S2. The van der Waals surface area contributed by atoms with Crippen LogP contribution < -0.4 is 10.1 Å². The Morgan fingerprint density at radius 2 is 1.88 bits per heavy atom. The molecule has 8 nitrogen and oxygen atoms in total. The van der Waals surface area contributed by atoms with Gasteiger partial charge in [-0.05, 0) is 55.3 Å². The highest BCUT2D eigenvalue weighted by Crippen LogP contribution is 2.33. The summed E-state index contributed by atoms with van der Waals surface area (Å²) in [5.74, 6) is 0.312. The summed E-state index contributed by atoms with van der Waals surface area (Å²) in [4.78, 5) is 12.7. The quantitative estimate of drug-likeness (QED) is 0.557. The smallest absolute Gasteiger partial charge is 0.286 e. The van der Waals surface area contributed by atoms with Crippen molar-refractivity contribution < 1.29 is 17.9 Å². The number of ether oxygens (including phenoxy) is 1. The lowest BCUT2D eigenvalue weighted by Crippen LogP contribution is -2.37. The molecule has 0 radical (unpaired) electrons. The lowest BCUT2D eigenvalue weighted by atomic mass is 9.99. The molecule has 0 unspecified atom stereocenters. The zero-order valence-electron chi connectivity index (χ0n) is 17.2. The number of carbonyl (C=O) groups is 1. The van der Waals surface area contributed by atoms with Crippen molar-refractivity contribution in [3.05, 3.63) is 63.6 Å². The molecule has 3 aromatic rings. The predicted octanol–water partition coefficient (Wildman–Crippen LogP) is 4.02.